The van der Waals surface area contributed by atoms with Crippen molar-refractivity contribution in [2.45, 2.75) is 12.5 Å². The molecule has 4 rings (SSSR count). The summed E-state index contributed by atoms with van der Waals surface area (Å²) in [6.07, 6.45) is 3.80. The van der Waals surface area contributed by atoms with Gasteiger partial charge >= 0.3 is 0 Å². The van der Waals surface area contributed by atoms with E-state index >= 15 is 0 Å². The maximum Gasteiger partial charge on any atom is 0.254 e. The standard InChI is InChI=1S/C25H22N4O2/c30-24(21-14-7-8-15-23(21)29-17-9-16-26-29)28-22(18-19-10-3-1-4-11-19)25(31)27-20-12-5-2-6-13-20/h1-17,22H,18H2,(H,27,31)(H,28,30). The second-order valence-corrected chi connectivity index (χ2v) is 7.04. The maximum absolute atomic E-state index is 13.2. The highest BCUT2D eigenvalue weighted by molar-refractivity contribution is 6.03. The Hall–Kier alpha value is -4.19. The topological polar surface area (TPSA) is 76.0 Å². The van der Waals surface area contributed by atoms with E-state index in [1.54, 1.807) is 35.3 Å². The number of carbonyl (C=O) groups excluding carboxylic acids is 2. The van der Waals surface area contributed by atoms with Crippen LogP contribution in [-0.4, -0.2) is 27.6 Å². The zero-order chi connectivity index (χ0) is 21.5. The molecule has 0 aliphatic heterocycles. The van der Waals surface area contributed by atoms with E-state index in [4.69, 9.17) is 0 Å². The van der Waals surface area contributed by atoms with Gasteiger partial charge in [0, 0.05) is 24.5 Å². The molecule has 1 aromatic heterocycles. The van der Waals surface area contributed by atoms with Gasteiger partial charge in [0.05, 0.1) is 11.3 Å². The Morgan fingerprint density at radius 3 is 2.23 bits per heavy atom. The third kappa shape index (κ3) is 5.05. The number of aromatic nitrogens is 2. The van der Waals surface area contributed by atoms with Crippen LogP contribution in [0, 0.1) is 0 Å². The van der Waals surface area contributed by atoms with Crippen LogP contribution in [0.2, 0.25) is 0 Å². The fourth-order valence-electron chi connectivity index (χ4n) is 3.32. The van der Waals surface area contributed by atoms with E-state index in [2.05, 4.69) is 15.7 Å². The molecule has 154 valence electrons. The maximum atomic E-state index is 13.2. The summed E-state index contributed by atoms with van der Waals surface area (Å²) in [6, 6.07) is 27.0. The number of rotatable bonds is 7. The average Bonchev–Trinajstić information content (AvgIpc) is 3.35. The smallest absolute Gasteiger partial charge is 0.254 e. The van der Waals surface area contributed by atoms with Gasteiger partial charge in [0.1, 0.15) is 6.04 Å². The average molecular weight is 410 g/mol. The van der Waals surface area contributed by atoms with Crippen LogP contribution in [0.4, 0.5) is 5.69 Å². The van der Waals surface area contributed by atoms with E-state index < -0.39 is 6.04 Å². The monoisotopic (exact) mass is 410 g/mol. The number of para-hydroxylation sites is 2. The molecule has 1 heterocycles. The van der Waals surface area contributed by atoms with Gasteiger partial charge in [-0.3, -0.25) is 9.59 Å². The third-order valence-electron chi connectivity index (χ3n) is 4.85. The van der Waals surface area contributed by atoms with Crippen LogP contribution < -0.4 is 10.6 Å². The van der Waals surface area contributed by atoms with Crippen molar-refractivity contribution in [1.29, 1.82) is 0 Å². The molecule has 0 aliphatic rings. The first-order chi connectivity index (χ1) is 15.2. The summed E-state index contributed by atoms with van der Waals surface area (Å²) in [5.74, 6) is -0.616. The van der Waals surface area contributed by atoms with Crippen molar-refractivity contribution in [3.05, 3.63) is 115 Å². The lowest BCUT2D eigenvalue weighted by Crippen LogP contribution is -2.45. The second-order valence-electron chi connectivity index (χ2n) is 7.04. The van der Waals surface area contributed by atoms with Crippen LogP contribution in [-0.2, 0) is 11.2 Å². The van der Waals surface area contributed by atoms with Gasteiger partial charge in [-0.2, -0.15) is 5.10 Å². The lowest BCUT2D eigenvalue weighted by molar-refractivity contribution is -0.118. The lowest BCUT2D eigenvalue weighted by atomic mass is 10.0. The molecule has 3 aromatic carbocycles. The molecule has 0 saturated heterocycles. The number of nitrogens with zero attached hydrogens (tertiary/aromatic N) is 2. The van der Waals surface area contributed by atoms with Crippen LogP contribution in [0.3, 0.4) is 0 Å². The Kier molecular flexibility index (Phi) is 6.18. The zero-order valence-corrected chi connectivity index (χ0v) is 16.8. The first-order valence-corrected chi connectivity index (χ1v) is 10.0. The Bertz CT molecular complexity index is 1140. The Balaban J connectivity index is 1.58. The fraction of sp³-hybridized carbons (Fsp3) is 0.0800. The molecule has 2 amide bonds. The van der Waals surface area contributed by atoms with Crippen molar-refractivity contribution >= 4 is 17.5 Å². The van der Waals surface area contributed by atoms with Crippen LogP contribution >= 0.6 is 0 Å². The van der Waals surface area contributed by atoms with E-state index in [1.807, 2.05) is 72.8 Å². The molecular weight excluding hydrogens is 388 g/mol. The van der Waals surface area contributed by atoms with E-state index in [1.165, 1.54) is 0 Å². The van der Waals surface area contributed by atoms with E-state index in [0.29, 0.717) is 23.4 Å². The molecule has 6 nitrogen and oxygen atoms in total. The predicted octanol–water partition coefficient (Wildman–Crippen LogP) is 3.85. The molecule has 0 aliphatic carbocycles. The second kappa shape index (κ2) is 9.54. The summed E-state index contributed by atoms with van der Waals surface area (Å²) >= 11 is 0. The highest BCUT2D eigenvalue weighted by Gasteiger charge is 2.23. The number of anilines is 1. The Morgan fingerprint density at radius 2 is 1.52 bits per heavy atom. The lowest BCUT2D eigenvalue weighted by Gasteiger charge is -2.20. The van der Waals surface area contributed by atoms with Gasteiger partial charge in [0.25, 0.3) is 5.91 Å². The molecule has 0 saturated carbocycles. The summed E-state index contributed by atoms with van der Waals surface area (Å²) in [4.78, 5) is 26.2. The van der Waals surface area contributed by atoms with Crippen molar-refractivity contribution in [2.75, 3.05) is 5.32 Å². The van der Waals surface area contributed by atoms with Crippen LogP contribution in [0.5, 0.6) is 0 Å². The summed E-state index contributed by atoms with van der Waals surface area (Å²) in [6.45, 7) is 0. The van der Waals surface area contributed by atoms with Crippen molar-refractivity contribution < 1.29 is 9.59 Å². The fourth-order valence-corrected chi connectivity index (χ4v) is 3.32. The van der Waals surface area contributed by atoms with Gasteiger partial charge in [0.2, 0.25) is 5.91 Å². The number of amides is 2. The number of hydrogen-bond donors (Lipinski definition) is 2. The van der Waals surface area contributed by atoms with Crippen molar-refractivity contribution in [2.24, 2.45) is 0 Å². The summed E-state index contributed by atoms with van der Waals surface area (Å²) < 4.78 is 1.63. The quantitative estimate of drug-likeness (QED) is 0.486. The zero-order valence-electron chi connectivity index (χ0n) is 16.8. The largest absolute Gasteiger partial charge is 0.340 e. The Labute approximate surface area is 180 Å². The minimum atomic E-state index is -0.749. The van der Waals surface area contributed by atoms with Crippen LogP contribution in [0.25, 0.3) is 5.69 Å². The molecule has 1 atom stereocenters. The van der Waals surface area contributed by atoms with Gasteiger partial charge in [-0.1, -0.05) is 60.7 Å². The minimum absolute atomic E-state index is 0.278. The van der Waals surface area contributed by atoms with Gasteiger partial charge < -0.3 is 10.6 Å². The molecule has 4 aromatic rings. The number of nitrogens with one attached hydrogen (secondary N) is 2. The molecular formula is C25H22N4O2. The Morgan fingerprint density at radius 1 is 0.839 bits per heavy atom. The van der Waals surface area contributed by atoms with Crippen molar-refractivity contribution in [1.82, 2.24) is 15.1 Å². The van der Waals surface area contributed by atoms with Gasteiger partial charge in [0.15, 0.2) is 0 Å². The molecule has 31 heavy (non-hydrogen) atoms. The molecule has 0 spiro atoms. The first-order valence-electron chi connectivity index (χ1n) is 10.0. The van der Waals surface area contributed by atoms with Crippen LogP contribution in [0.15, 0.2) is 103 Å². The van der Waals surface area contributed by atoms with Gasteiger partial charge in [-0.05, 0) is 35.9 Å². The molecule has 1 unspecified atom stereocenters. The number of hydrogen-bond acceptors (Lipinski definition) is 3. The van der Waals surface area contributed by atoms with Crippen LogP contribution in [0.1, 0.15) is 15.9 Å². The predicted molar refractivity (Wildman–Crippen MR) is 120 cm³/mol. The summed E-state index contributed by atoms with van der Waals surface area (Å²) in [7, 11) is 0. The minimum Gasteiger partial charge on any atom is -0.340 e. The number of benzene rings is 3. The van der Waals surface area contributed by atoms with Crippen molar-refractivity contribution in [3.63, 3.8) is 0 Å². The highest BCUT2D eigenvalue weighted by atomic mass is 16.2. The molecule has 6 heteroatoms. The molecule has 0 radical (unpaired) electrons. The van der Waals surface area contributed by atoms with Crippen molar-refractivity contribution in [3.8, 4) is 5.69 Å². The molecule has 0 bridgehead atoms. The first kappa shape index (κ1) is 20.1. The summed E-state index contributed by atoms with van der Waals surface area (Å²) in [5.41, 5.74) is 2.72. The highest BCUT2D eigenvalue weighted by Crippen LogP contribution is 2.15. The van der Waals surface area contributed by atoms with E-state index in [-0.39, 0.29) is 11.8 Å². The van der Waals surface area contributed by atoms with E-state index in [9.17, 15) is 9.59 Å². The molecule has 0 fully saturated rings. The number of carbonyl (C=O) groups is 2. The summed E-state index contributed by atoms with van der Waals surface area (Å²) in [5, 5.41) is 10.0. The third-order valence-corrected chi connectivity index (χ3v) is 4.85. The molecule has 2 N–H and O–H groups in total. The van der Waals surface area contributed by atoms with Gasteiger partial charge in [-0.15, -0.1) is 0 Å². The van der Waals surface area contributed by atoms with E-state index in [0.717, 1.165) is 5.56 Å². The van der Waals surface area contributed by atoms with Gasteiger partial charge in [-0.25, -0.2) is 4.68 Å². The normalized spacial score (nSPS) is 11.5. The SMILES string of the molecule is O=C(NC(Cc1ccccc1)C(=O)Nc1ccccc1)c1ccccc1-n1cccn1.